The molecule has 0 saturated carbocycles. The molecule has 7 heteroatoms. The van der Waals surface area contributed by atoms with Crippen LogP contribution in [0.15, 0.2) is 24.3 Å². The van der Waals surface area contributed by atoms with Gasteiger partial charge in [-0.2, -0.15) is 0 Å². The second-order valence-corrected chi connectivity index (χ2v) is 8.83. The number of ether oxygens (including phenoxy) is 2. The summed E-state index contributed by atoms with van der Waals surface area (Å²) >= 11 is 0. The van der Waals surface area contributed by atoms with Gasteiger partial charge < -0.3 is 19.7 Å². The van der Waals surface area contributed by atoms with Crippen LogP contribution in [0.25, 0.3) is 0 Å². The third kappa shape index (κ3) is 2.95. The van der Waals surface area contributed by atoms with Crippen LogP contribution >= 0.6 is 0 Å². The Hall–Kier alpha value is -2.67. The molecule has 0 aromatic heterocycles. The molecule has 162 valence electrons. The van der Waals surface area contributed by atoms with E-state index >= 15 is 0 Å². The summed E-state index contributed by atoms with van der Waals surface area (Å²) in [6.07, 6.45) is 0.380. The molecule has 3 rings (SSSR count). The number of rotatable bonds is 3. The Labute approximate surface area is 175 Å². The van der Waals surface area contributed by atoms with Crippen LogP contribution in [0.1, 0.15) is 63.3 Å². The molecule has 0 spiro atoms. The van der Waals surface area contributed by atoms with E-state index in [1.807, 2.05) is 13.8 Å². The molecule has 0 saturated heterocycles. The maximum absolute atomic E-state index is 12.9. The van der Waals surface area contributed by atoms with Crippen LogP contribution in [0, 0.1) is 11.3 Å². The monoisotopic (exact) mass is 416 g/mol. The number of hydrogen-bond donors (Lipinski definition) is 2. The van der Waals surface area contributed by atoms with Gasteiger partial charge in [0.05, 0.1) is 7.11 Å². The Morgan fingerprint density at radius 3 is 2.37 bits per heavy atom. The molecule has 0 fully saturated rings. The minimum absolute atomic E-state index is 0.0461. The van der Waals surface area contributed by atoms with Crippen molar-refractivity contribution in [2.75, 3.05) is 7.11 Å². The van der Waals surface area contributed by atoms with E-state index < -0.39 is 46.7 Å². The summed E-state index contributed by atoms with van der Waals surface area (Å²) < 4.78 is 10.4. The van der Waals surface area contributed by atoms with Crippen LogP contribution in [0.4, 0.5) is 0 Å². The molecule has 0 heterocycles. The Balaban J connectivity index is 2.39. The number of aliphatic hydroxyl groups excluding tert-OH is 1. The smallest absolute Gasteiger partial charge is 0.319 e. The molecular formula is C23H28O7. The molecule has 2 N–H and O–H groups in total. The van der Waals surface area contributed by atoms with Crippen LogP contribution in [0.2, 0.25) is 0 Å². The minimum atomic E-state index is -1.72. The van der Waals surface area contributed by atoms with E-state index in [9.17, 15) is 24.6 Å². The topological polar surface area (TPSA) is 110 Å². The lowest BCUT2D eigenvalue weighted by Crippen LogP contribution is -2.61. The number of methoxy groups -OCH3 is 1. The number of carbonyl (C=O) groups excluding carboxylic acids is 3. The van der Waals surface area contributed by atoms with Crippen LogP contribution in [-0.4, -0.2) is 41.1 Å². The molecule has 1 aromatic rings. The largest absolute Gasteiger partial charge is 0.508 e. The molecule has 0 aliphatic heterocycles. The van der Waals surface area contributed by atoms with Crippen molar-refractivity contribution in [2.24, 2.45) is 11.3 Å². The highest BCUT2D eigenvalue weighted by atomic mass is 16.6. The van der Waals surface area contributed by atoms with Gasteiger partial charge in [-0.15, -0.1) is 0 Å². The van der Waals surface area contributed by atoms with Crippen molar-refractivity contribution in [1.82, 2.24) is 0 Å². The summed E-state index contributed by atoms with van der Waals surface area (Å²) in [4.78, 5) is 37.7. The summed E-state index contributed by atoms with van der Waals surface area (Å²) in [5.74, 6) is -2.91. The van der Waals surface area contributed by atoms with Crippen molar-refractivity contribution in [3.05, 3.63) is 41.0 Å². The Morgan fingerprint density at radius 1 is 1.20 bits per heavy atom. The van der Waals surface area contributed by atoms with Gasteiger partial charge in [-0.3, -0.25) is 14.4 Å². The molecule has 0 bridgehead atoms. The summed E-state index contributed by atoms with van der Waals surface area (Å²) in [5.41, 5.74) is -1.17. The predicted molar refractivity (Wildman–Crippen MR) is 108 cm³/mol. The van der Waals surface area contributed by atoms with E-state index in [4.69, 9.17) is 9.47 Å². The highest BCUT2D eigenvalue weighted by molar-refractivity contribution is 6.10. The van der Waals surface area contributed by atoms with Crippen LogP contribution in [-0.2, 0) is 29.3 Å². The second kappa shape index (κ2) is 7.23. The Morgan fingerprint density at radius 2 is 1.83 bits per heavy atom. The average Bonchev–Trinajstić information content (AvgIpc) is 2.67. The van der Waals surface area contributed by atoms with Crippen LogP contribution in [0.5, 0.6) is 5.75 Å². The van der Waals surface area contributed by atoms with Crippen molar-refractivity contribution in [2.45, 2.75) is 58.2 Å². The number of ketones is 1. The first-order valence-corrected chi connectivity index (χ1v) is 9.94. The second-order valence-electron chi connectivity index (χ2n) is 8.83. The number of phenolic OH excluding ortho intramolecular Hbond substituents is 1. The zero-order valence-electron chi connectivity index (χ0n) is 18.1. The third-order valence-corrected chi connectivity index (χ3v) is 6.61. The lowest BCUT2D eigenvalue weighted by Gasteiger charge is -2.54. The van der Waals surface area contributed by atoms with E-state index in [0.717, 1.165) is 5.56 Å². The first-order chi connectivity index (χ1) is 13.9. The zero-order chi connectivity index (χ0) is 22.6. The number of fused-ring (bicyclic) bond motifs is 3. The normalized spacial score (nSPS) is 32.4. The first-order valence-electron chi connectivity index (χ1n) is 9.94. The van der Waals surface area contributed by atoms with Gasteiger partial charge >= 0.3 is 11.9 Å². The molecule has 7 nitrogen and oxygen atoms in total. The van der Waals surface area contributed by atoms with E-state index in [1.165, 1.54) is 27.0 Å². The van der Waals surface area contributed by atoms with Gasteiger partial charge in [0.2, 0.25) is 0 Å². The van der Waals surface area contributed by atoms with Gasteiger partial charge in [-0.1, -0.05) is 32.9 Å². The number of carbonyl (C=O) groups is 3. The van der Waals surface area contributed by atoms with Crippen LogP contribution < -0.4 is 0 Å². The number of aliphatic hydroxyl groups is 1. The van der Waals surface area contributed by atoms with Crippen molar-refractivity contribution in [1.29, 1.82) is 0 Å². The van der Waals surface area contributed by atoms with Gasteiger partial charge in [-0.05, 0) is 36.1 Å². The lowest BCUT2D eigenvalue weighted by molar-refractivity contribution is -0.183. The fraction of sp³-hybridized carbons (Fsp3) is 0.522. The molecule has 1 aromatic carbocycles. The Bertz CT molecular complexity index is 947. The summed E-state index contributed by atoms with van der Waals surface area (Å²) in [5, 5.41) is 22.2. The van der Waals surface area contributed by atoms with Gasteiger partial charge in [0.1, 0.15) is 23.4 Å². The van der Waals surface area contributed by atoms with E-state index in [1.54, 1.807) is 25.1 Å². The lowest BCUT2D eigenvalue weighted by atomic mass is 9.50. The van der Waals surface area contributed by atoms with E-state index in [2.05, 4.69) is 0 Å². The molecular weight excluding hydrogens is 388 g/mol. The van der Waals surface area contributed by atoms with Crippen molar-refractivity contribution < 1.29 is 34.1 Å². The third-order valence-electron chi connectivity index (χ3n) is 6.61. The molecule has 2 aliphatic rings. The molecule has 0 radical (unpaired) electrons. The molecule has 30 heavy (non-hydrogen) atoms. The molecule has 1 unspecified atom stereocenters. The predicted octanol–water partition coefficient (Wildman–Crippen LogP) is 2.69. The van der Waals surface area contributed by atoms with Crippen molar-refractivity contribution in [3.8, 4) is 5.75 Å². The minimum Gasteiger partial charge on any atom is -0.508 e. The number of hydrogen-bond acceptors (Lipinski definition) is 7. The SMILES string of the molecule is COC(=O)[C@]1(C)C(=O)C=C[C@@]2(C)c3c(O)cc(C(C)C)cc3[C@@H](O)[C@H](OC(C)=O)C12. The van der Waals surface area contributed by atoms with Crippen molar-refractivity contribution in [3.63, 3.8) is 0 Å². The maximum Gasteiger partial charge on any atom is 0.319 e. The highest BCUT2D eigenvalue weighted by Crippen LogP contribution is 2.59. The molecule has 0 amide bonds. The van der Waals surface area contributed by atoms with Crippen molar-refractivity contribution >= 4 is 17.7 Å². The van der Waals surface area contributed by atoms with Crippen LogP contribution in [0.3, 0.4) is 0 Å². The standard InChI is InChI=1S/C23H28O7/c1-11(2)13-9-14-17(15(25)10-13)22(4)8-7-16(26)23(5,21(28)29-6)20(22)19(18(14)27)30-12(3)24/h7-11,18-20,25,27H,1-6H3/t18-,19+,20?,22+,23-/m1/s1. The van der Waals surface area contributed by atoms with E-state index in [-0.39, 0.29) is 11.7 Å². The van der Waals surface area contributed by atoms with E-state index in [0.29, 0.717) is 11.1 Å². The van der Waals surface area contributed by atoms with Gasteiger partial charge in [0, 0.05) is 23.8 Å². The highest BCUT2D eigenvalue weighted by Gasteiger charge is 2.65. The summed E-state index contributed by atoms with van der Waals surface area (Å²) in [6, 6.07) is 3.41. The maximum atomic E-state index is 12.9. The van der Waals surface area contributed by atoms with Gasteiger partial charge in [0.25, 0.3) is 0 Å². The average molecular weight is 416 g/mol. The number of benzene rings is 1. The molecule has 2 aliphatic carbocycles. The quantitative estimate of drug-likeness (QED) is 0.576. The number of aromatic hydroxyl groups is 1. The Kier molecular flexibility index (Phi) is 5.31. The summed E-state index contributed by atoms with van der Waals surface area (Å²) in [7, 11) is 1.18. The zero-order valence-corrected chi connectivity index (χ0v) is 18.1. The number of allylic oxidation sites excluding steroid dienone is 2. The number of esters is 2. The van der Waals surface area contributed by atoms with Gasteiger partial charge in [-0.25, -0.2) is 0 Å². The number of phenols is 1. The fourth-order valence-electron chi connectivity index (χ4n) is 5.13. The fourth-order valence-corrected chi connectivity index (χ4v) is 5.13. The summed E-state index contributed by atoms with van der Waals surface area (Å²) in [6.45, 7) is 8.31. The first kappa shape index (κ1) is 22.0. The van der Waals surface area contributed by atoms with Gasteiger partial charge in [0.15, 0.2) is 5.78 Å². The molecule has 5 atom stereocenters.